The molecule has 1 aromatic rings. The molecule has 1 amide bonds. The number of esters is 1. The van der Waals surface area contributed by atoms with E-state index in [1.165, 1.54) is 24.1 Å². The number of nitrogens with one attached hydrogen (secondary N) is 1. The van der Waals surface area contributed by atoms with Crippen molar-refractivity contribution >= 4 is 21.9 Å². The Labute approximate surface area is 141 Å². The number of benzene rings is 1. The van der Waals surface area contributed by atoms with Gasteiger partial charge in [-0.25, -0.2) is 8.42 Å². The van der Waals surface area contributed by atoms with Crippen LogP contribution in [-0.2, 0) is 24.3 Å². The first-order chi connectivity index (χ1) is 11.3. The van der Waals surface area contributed by atoms with Gasteiger partial charge in [0.25, 0.3) is 5.91 Å². The molecule has 0 fully saturated rings. The summed E-state index contributed by atoms with van der Waals surface area (Å²) in [6.45, 7) is 0.969. The van der Waals surface area contributed by atoms with E-state index in [9.17, 15) is 18.0 Å². The Bertz CT molecular complexity index is 722. The van der Waals surface area contributed by atoms with Crippen molar-refractivity contribution in [1.29, 1.82) is 5.26 Å². The van der Waals surface area contributed by atoms with E-state index in [2.05, 4.69) is 4.72 Å². The van der Waals surface area contributed by atoms with Crippen molar-refractivity contribution in [3.8, 4) is 6.07 Å². The van der Waals surface area contributed by atoms with Crippen LogP contribution in [0.1, 0.15) is 12.0 Å². The second-order valence-corrected chi connectivity index (χ2v) is 6.79. The Morgan fingerprint density at radius 3 is 2.50 bits per heavy atom. The Morgan fingerprint density at radius 2 is 1.92 bits per heavy atom. The van der Waals surface area contributed by atoms with Gasteiger partial charge in [-0.15, -0.1) is 0 Å². The highest BCUT2D eigenvalue weighted by molar-refractivity contribution is 7.89. The first-order valence-electron chi connectivity index (χ1n) is 7.09. The number of hydrogen-bond acceptors (Lipinski definition) is 6. The van der Waals surface area contributed by atoms with Gasteiger partial charge in [-0.2, -0.15) is 9.98 Å². The smallest absolute Gasteiger partial charge is 0.321 e. The van der Waals surface area contributed by atoms with Crippen molar-refractivity contribution in [2.45, 2.75) is 18.2 Å². The molecule has 1 N–H and O–H groups in total. The van der Waals surface area contributed by atoms with Gasteiger partial charge in [-0.05, 0) is 19.1 Å². The highest BCUT2D eigenvalue weighted by Gasteiger charge is 2.17. The van der Waals surface area contributed by atoms with Crippen LogP contribution in [0.2, 0.25) is 0 Å². The third kappa shape index (κ3) is 6.36. The zero-order valence-corrected chi connectivity index (χ0v) is 14.3. The van der Waals surface area contributed by atoms with Gasteiger partial charge >= 0.3 is 5.97 Å². The van der Waals surface area contributed by atoms with Crippen molar-refractivity contribution in [2.24, 2.45) is 0 Å². The molecule has 24 heavy (non-hydrogen) atoms. The third-order valence-corrected chi connectivity index (χ3v) is 4.50. The van der Waals surface area contributed by atoms with Gasteiger partial charge in [0.05, 0.1) is 17.4 Å². The van der Waals surface area contributed by atoms with Crippen LogP contribution in [0.15, 0.2) is 29.2 Å². The lowest BCUT2D eigenvalue weighted by Gasteiger charge is -2.15. The topological polar surface area (TPSA) is 117 Å². The van der Waals surface area contributed by atoms with Gasteiger partial charge in [0.2, 0.25) is 10.0 Å². The number of hydrogen-bond donors (Lipinski definition) is 1. The molecule has 0 heterocycles. The van der Waals surface area contributed by atoms with Gasteiger partial charge in [-0.3, -0.25) is 9.59 Å². The molecule has 0 aliphatic heterocycles. The van der Waals surface area contributed by atoms with E-state index in [4.69, 9.17) is 10.00 Å². The predicted octanol–water partition coefficient (Wildman–Crippen LogP) is 0.189. The molecule has 1 aromatic carbocycles. The Morgan fingerprint density at radius 1 is 1.29 bits per heavy atom. The van der Waals surface area contributed by atoms with E-state index < -0.39 is 35.1 Å². The lowest BCUT2D eigenvalue weighted by molar-refractivity contribution is -0.150. The van der Waals surface area contributed by atoms with Crippen LogP contribution in [-0.4, -0.2) is 51.9 Å². The molecule has 130 valence electrons. The van der Waals surface area contributed by atoms with E-state index >= 15 is 0 Å². The first kappa shape index (κ1) is 19.6. The van der Waals surface area contributed by atoms with Crippen LogP contribution < -0.4 is 4.72 Å². The first-order valence-corrected chi connectivity index (χ1v) is 8.57. The van der Waals surface area contributed by atoms with E-state index in [1.54, 1.807) is 12.1 Å². The fraction of sp³-hybridized carbons (Fsp3) is 0.400. The molecular weight excluding hydrogens is 334 g/mol. The number of aryl methyl sites for hydroxylation is 1. The maximum Gasteiger partial charge on any atom is 0.321 e. The monoisotopic (exact) mass is 353 g/mol. The maximum atomic E-state index is 12.0. The van der Waals surface area contributed by atoms with Gasteiger partial charge in [0, 0.05) is 13.6 Å². The fourth-order valence-electron chi connectivity index (χ4n) is 1.60. The molecule has 0 saturated carbocycles. The number of rotatable bonds is 8. The van der Waals surface area contributed by atoms with Crippen molar-refractivity contribution in [2.75, 3.05) is 26.7 Å². The molecule has 0 atom stereocenters. The zero-order valence-electron chi connectivity index (χ0n) is 13.5. The van der Waals surface area contributed by atoms with Crippen LogP contribution in [0.4, 0.5) is 0 Å². The minimum absolute atomic E-state index is 0.0354. The number of nitriles is 1. The number of carbonyl (C=O) groups excluding carboxylic acids is 2. The molecule has 0 radical (unpaired) electrons. The van der Waals surface area contributed by atoms with Gasteiger partial charge in [0.15, 0.2) is 6.61 Å². The van der Waals surface area contributed by atoms with E-state index in [0.717, 1.165) is 5.56 Å². The Hall–Kier alpha value is -2.44. The highest BCUT2D eigenvalue weighted by Crippen LogP contribution is 2.09. The average molecular weight is 353 g/mol. The maximum absolute atomic E-state index is 12.0. The Balaban J connectivity index is 2.44. The van der Waals surface area contributed by atoms with Crippen LogP contribution >= 0.6 is 0 Å². The lowest BCUT2D eigenvalue weighted by Crippen LogP contribution is -2.35. The predicted molar refractivity (Wildman–Crippen MR) is 85.2 cm³/mol. The summed E-state index contributed by atoms with van der Waals surface area (Å²) in [7, 11) is -2.34. The quantitative estimate of drug-likeness (QED) is 0.667. The summed E-state index contributed by atoms with van der Waals surface area (Å²) in [4.78, 5) is 24.4. The number of nitrogens with zero attached hydrogens (tertiary/aromatic N) is 2. The minimum atomic E-state index is -3.82. The molecule has 0 unspecified atom stereocenters. The molecule has 9 heteroatoms. The molecule has 1 rings (SSSR count). The second-order valence-electron chi connectivity index (χ2n) is 5.02. The third-order valence-electron chi connectivity index (χ3n) is 3.08. The molecule has 0 aromatic heterocycles. The van der Waals surface area contributed by atoms with E-state index in [1.807, 2.05) is 13.0 Å². The summed E-state index contributed by atoms with van der Waals surface area (Å²) >= 11 is 0. The highest BCUT2D eigenvalue weighted by atomic mass is 32.2. The number of sulfonamides is 1. The van der Waals surface area contributed by atoms with Gasteiger partial charge in [-0.1, -0.05) is 17.7 Å². The van der Waals surface area contributed by atoms with Crippen molar-refractivity contribution in [3.63, 3.8) is 0 Å². The molecule has 0 bridgehead atoms. The molecule has 8 nitrogen and oxygen atoms in total. The molecular formula is C15H19N3O5S. The van der Waals surface area contributed by atoms with Crippen LogP contribution in [0, 0.1) is 18.3 Å². The number of amides is 1. The van der Waals surface area contributed by atoms with Crippen molar-refractivity contribution < 1.29 is 22.7 Å². The van der Waals surface area contributed by atoms with Crippen LogP contribution in [0.5, 0.6) is 0 Å². The lowest BCUT2D eigenvalue weighted by atomic mass is 10.2. The van der Waals surface area contributed by atoms with Crippen LogP contribution in [0.3, 0.4) is 0 Å². The van der Waals surface area contributed by atoms with Crippen molar-refractivity contribution in [3.05, 3.63) is 29.8 Å². The van der Waals surface area contributed by atoms with E-state index in [-0.39, 0.29) is 17.9 Å². The molecule has 0 saturated heterocycles. The molecule has 0 aliphatic carbocycles. The number of carbonyl (C=O) groups is 2. The summed E-state index contributed by atoms with van der Waals surface area (Å²) < 4.78 is 30.8. The normalized spacial score (nSPS) is 10.7. The summed E-state index contributed by atoms with van der Waals surface area (Å²) in [5.41, 5.74) is 0.910. The van der Waals surface area contributed by atoms with Gasteiger partial charge in [0.1, 0.15) is 6.54 Å². The SMILES string of the molecule is Cc1ccc(S(=O)(=O)NCC(=O)OCC(=O)N(C)CCC#N)cc1. The summed E-state index contributed by atoms with van der Waals surface area (Å²) in [6.07, 6.45) is 0.173. The average Bonchev–Trinajstić information content (AvgIpc) is 2.56. The summed E-state index contributed by atoms with van der Waals surface area (Å²) in [6, 6.07) is 8.03. The molecule has 0 aliphatic rings. The van der Waals surface area contributed by atoms with Crippen molar-refractivity contribution in [1.82, 2.24) is 9.62 Å². The standard InChI is InChI=1S/C15H19N3O5S/c1-12-4-6-13(7-5-12)24(21,22)17-10-15(20)23-11-14(19)18(2)9-3-8-16/h4-7,17H,3,9-11H2,1-2H3. The molecule has 0 spiro atoms. The fourth-order valence-corrected chi connectivity index (χ4v) is 2.57. The Kier molecular flexibility index (Phi) is 7.35. The number of ether oxygens (including phenoxy) is 1. The minimum Gasteiger partial charge on any atom is -0.455 e. The number of likely N-dealkylation sites (N-methyl/N-ethyl adjacent to an activating group) is 1. The summed E-state index contributed by atoms with van der Waals surface area (Å²) in [5, 5.41) is 8.43. The van der Waals surface area contributed by atoms with E-state index in [0.29, 0.717) is 0 Å². The van der Waals surface area contributed by atoms with Crippen LogP contribution in [0.25, 0.3) is 0 Å². The second kappa shape index (κ2) is 9.00. The largest absolute Gasteiger partial charge is 0.455 e. The zero-order chi connectivity index (χ0) is 18.2. The summed E-state index contributed by atoms with van der Waals surface area (Å²) in [5.74, 6) is -1.34. The van der Waals surface area contributed by atoms with Gasteiger partial charge < -0.3 is 9.64 Å².